The maximum absolute atomic E-state index is 12.9. The van der Waals surface area contributed by atoms with E-state index in [9.17, 15) is 9.59 Å². The number of rotatable bonds is 4. The van der Waals surface area contributed by atoms with Gasteiger partial charge in [-0.1, -0.05) is 26.8 Å². The Balaban J connectivity index is 1.97. The predicted molar refractivity (Wildman–Crippen MR) is 114 cm³/mol. The standard InChI is InChI=1S/C23H25N3O3/c1-15-6-9-18(13-24-15)29-20-12-16(23(2,3)4)7-10-19(20)22(28)25-17-8-11-21(27)26(5)14-17/h6-14H,1-5H3,(H,25,28). The highest BCUT2D eigenvalue weighted by Gasteiger charge is 2.20. The monoisotopic (exact) mass is 391 g/mol. The molecule has 1 amide bonds. The van der Waals surface area contributed by atoms with Crippen LogP contribution in [-0.2, 0) is 12.5 Å². The van der Waals surface area contributed by atoms with Crippen LogP contribution in [0.25, 0.3) is 0 Å². The molecular formula is C23H25N3O3. The van der Waals surface area contributed by atoms with E-state index in [1.54, 1.807) is 31.6 Å². The third-order valence-electron chi connectivity index (χ3n) is 4.55. The van der Waals surface area contributed by atoms with Gasteiger partial charge in [-0.25, -0.2) is 0 Å². The Kier molecular flexibility index (Phi) is 5.55. The Labute approximate surface area is 170 Å². The van der Waals surface area contributed by atoms with Crippen molar-refractivity contribution in [1.29, 1.82) is 0 Å². The molecule has 0 bridgehead atoms. The number of anilines is 1. The number of hydrogen-bond acceptors (Lipinski definition) is 4. The summed E-state index contributed by atoms with van der Waals surface area (Å²) in [5.74, 6) is 0.683. The molecular weight excluding hydrogens is 366 g/mol. The molecule has 150 valence electrons. The van der Waals surface area contributed by atoms with Crippen molar-refractivity contribution >= 4 is 11.6 Å². The first kappa shape index (κ1) is 20.3. The number of nitrogens with zero attached hydrogens (tertiary/aromatic N) is 2. The maximum Gasteiger partial charge on any atom is 0.259 e. The Hall–Kier alpha value is -3.41. The fourth-order valence-corrected chi connectivity index (χ4v) is 2.77. The average Bonchev–Trinajstić information content (AvgIpc) is 2.66. The van der Waals surface area contributed by atoms with Crippen molar-refractivity contribution in [3.8, 4) is 11.5 Å². The summed E-state index contributed by atoms with van der Waals surface area (Å²) in [7, 11) is 1.63. The summed E-state index contributed by atoms with van der Waals surface area (Å²) in [6, 6.07) is 12.2. The second-order valence-electron chi connectivity index (χ2n) is 8.02. The van der Waals surface area contributed by atoms with E-state index < -0.39 is 0 Å². The van der Waals surface area contributed by atoms with Crippen LogP contribution < -0.4 is 15.6 Å². The van der Waals surface area contributed by atoms with Crippen LogP contribution in [0, 0.1) is 6.92 Å². The predicted octanol–water partition coefficient (Wildman–Crippen LogP) is 4.43. The minimum Gasteiger partial charge on any atom is -0.455 e. The average molecular weight is 391 g/mol. The molecule has 3 aromatic rings. The summed E-state index contributed by atoms with van der Waals surface area (Å²) in [6.45, 7) is 8.20. The van der Waals surface area contributed by atoms with Gasteiger partial charge in [0, 0.05) is 25.0 Å². The van der Waals surface area contributed by atoms with Crippen molar-refractivity contribution in [3.63, 3.8) is 0 Å². The highest BCUT2D eigenvalue weighted by atomic mass is 16.5. The van der Waals surface area contributed by atoms with Crippen molar-refractivity contribution in [3.05, 3.63) is 82.0 Å². The molecule has 6 heteroatoms. The molecule has 0 unspecified atom stereocenters. The van der Waals surface area contributed by atoms with Gasteiger partial charge >= 0.3 is 0 Å². The van der Waals surface area contributed by atoms with Gasteiger partial charge in [-0.2, -0.15) is 0 Å². The van der Waals surface area contributed by atoms with E-state index in [2.05, 4.69) is 31.1 Å². The van der Waals surface area contributed by atoms with E-state index in [0.29, 0.717) is 22.7 Å². The van der Waals surface area contributed by atoms with E-state index in [-0.39, 0.29) is 16.9 Å². The van der Waals surface area contributed by atoms with Crippen molar-refractivity contribution in [2.75, 3.05) is 5.32 Å². The lowest BCUT2D eigenvalue weighted by molar-refractivity contribution is 0.102. The molecule has 0 aliphatic rings. The lowest BCUT2D eigenvalue weighted by Gasteiger charge is -2.21. The first-order valence-corrected chi connectivity index (χ1v) is 9.36. The van der Waals surface area contributed by atoms with Gasteiger partial charge in [0.1, 0.15) is 11.5 Å². The highest BCUT2D eigenvalue weighted by Crippen LogP contribution is 2.32. The molecule has 0 radical (unpaired) electrons. The maximum atomic E-state index is 12.9. The van der Waals surface area contributed by atoms with Gasteiger partial charge in [0.05, 0.1) is 17.4 Å². The smallest absolute Gasteiger partial charge is 0.259 e. The second kappa shape index (κ2) is 7.91. The molecule has 0 aliphatic carbocycles. The van der Waals surface area contributed by atoms with Crippen molar-refractivity contribution in [2.24, 2.45) is 7.05 Å². The van der Waals surface area contributed by atoms with Gasteiger partial charge < -0.3 is 14.6 Å². The van der Waals surface area contributed by atoms with E-state index in [1.807, 2.05) is 31.2 Å². The summed E-state index contributed by atoms with van der Waals surface area (Å²) >= 11 is 0. The zero-order chi connectivity index (χ0) is 21.2. The normalized spacial score (nSPS) is 11.2. The van der Waals surface area contributed by atoms with Gasteiger partial charge in [-0.05, 0) is 48.2 Å². The van der Waals surface area contributed by atoms with Crippen LogP contribution >= 0.6 is 0 Å². The Bertz CT molecular complexity index is 1090. The van der Waals surface area contributed by atoms with Crippen LogP contribution in [0.1, 0.15) is 42.4 Å². The molecule has 1 aromatic carbocycles. The summed E-state index contributed by atoms with van der Waals surface area (Å²) in [5, 5.41) is 2.83. The largest absolute Gasteiger partial charge is 0.455 e. The van der Waals surface area contributed by atoms with E-state index >= 15 is 0 Å². The van der Waals surface area contributed by atoms with Crippen LogP contribution in [-0.4, -0.2) is 15.5 Å². The van der Waals surface area contributed by atoms with Crippen LogP contribution in [0.4, 0.5) is 5.69 Å². The number of benzene rings is 1. The molecule has 2 heterocycles. The lowest BCUT2D eigenvalue weighted by Crippen LogP contribution is -2.19. The number of aryl methyl sites for hydroxylation is 2. The molecule has 2 aromatic heterocycles. The van der Waals surface area contributed by atoms with Crippen molar-refractivity contribution in [1.82, 2.24) is 9.55 Å². The molecule has 3 rings (SSSR count). The number of aromatic nitrogens is 2. The summed E-state index contributed by atoms with van der Waals surface area (Å²) in [4.78, 5) is 28.8. The van der Waals surface area contributed by atoms with Crippen molar-refractivity contribution in [2.45, 2.75) is 33.1 Å². The van der Waals surface area contributed by atoms with Gasteiger partial charge in [0.15, 0.2) is 0 Å². The first-order valence-electron chi connectivity index (χ1n) is 9.36. The fourth-order valence-electron chi connectivity index (χ4n) is 2.77. The molecule has 0 spiro atoms. The van der Waals surface area contributed by atoms with Gasteiger partial charge in [-0.3, -0.25) is 14.6 Å². The summed E-state index contributed by atoms with van der Waals surface area (Å²) in [6.07, 6.45) is 3.21. The number of carbonyl (C=O) groups is 1. The molecule has 0 fully saturated rings. The van der Waals surface area contributed by atoms with Gasteiger partial charge in [0.25, 0.3) is 5.91 Å². The van der Waals surface area contributed by atoms with Crippen LogP contribution in [0.5, 0.6) is 11.5 Å². The molecule has 0 atom stereocenters. The zero-order valence-electron chi connectivity index (χ0n) is 17.3. The van der Waals surface area contributed by atoms with Crippen LogP contribution in [0.15, 0.2) is 59.7 Å². The zero-order valence-corrected chi connectivity index (χ0v) is 17.3. The first-order chi connectivity index (χ1) is 13.6. The fraction of sp³-hybridized carbons (Fsp3) is 0.261. The third-order valence-corrected chi connectivity index (χ3v) is 4.55. The molecule has 0 saturated heterocycles. The van der Waals surface area contributed by atoms with Gasteiger partial charge in [-0.15, -0.1) is 0 Å². The molecule has 29 heavy (non-hydrogen) atoms. The molecule has 6 nitrogen and oxygen atoms in total. The number of nitrogens with one attached hydrogen (secondary N) is 1. The SMILES string of the molecule is Cc1ccc(Oc2cc(C(C)(C)C)ccc2C(=O)Nc2ccc(=O)n(C)c2)cn1. The number of pyridine rings is 2. The molecule has 0 aliphatic heterocycles. The number of ether oxygens (including phenoxy) is 1. The Morgan fingerprint density at radius 3 is 2.48 bits per heavy atom. The summed E-state index contributed by atoms with van der Waals surface area (Å²) in [5.41, 5.74) is 2.61. The van der Waals surface area contributed by atoms with Crippen LogP contribution in [0.2, 0.25) is 0 Å². The van der Waals surface area contributed by atoms with Gasteiger partial charge in [0.2, 0.25) is 5.56 Å². The lowest BCUT2D eigenvalue weighted by atomic mass is 9.86. The highest BCUT2D eigenvalue weighted by molar-refractivity contribution is 6.06. The number of amides is 1. The Morgan fingerprint density at radius 2 is 1.86 bits per heavy atom. The number of carbonyl (C=O) groups excluding carboxylic acids is 1. The van der Waals surface area contributed by atoms with E-state index in [0.717, 1.165) is 11.3 Å². The van der Waals surface area contributed by atoms with Crippen LogP contribution in [0.3, 0.4) is 0 Å². The minimum atomic E-state index is -0.320. The van der Waals surface area contributed by atoms with E-state index in [1.165, 1.54) is 10.6 Å². The Morgan fingerprint density at radius 1 is 1.10 bits per heavy atom. The second-order valence-corrected chi connectivity index (χ2v) is 8.02. The quantitative estimate of drug-likeness (QED) is 0.714. The topological polar surface area (TPSA) is 73.2 Å². The third kappa shape index (κ3) is 4.90. The molecule has 1 N–H and O–H groups in total. The number of hydrogen-bond donors (Lipinski definition) is 1. The van der Waals surface area contributed by atoms with Crippen molar-refractivity contribution < 1.29 is 9.53 Å². The summed E-state index contributed by atoms with van der Waals surface area (Å²) < 4.78 is 7.43. The molecule has 0 saturated carbocycles. The minimum absolute atomic E-state index is 0.101. The van der Waals surface area contributed by atoms with E-state index in [4.69, 9.17) is 4.74 Å².